The molecule has 0 bridgehead atoms. The average molecular weight is 155 g/mol. The lowest BCUT2D eigenvalue weighted by Crippen LogP contribution is -2.06. The number of alkyl halides is 3. The number of hydrogen-bond donors (Lipinski definition) is 0. The largest absolute Gasteiger partial charge is 0.442 e. The Hall–Kier alpha value is -1.23. The minimum atomic E-state index is -5.06. The van der Waals surface area contributed by atoms with Gasteiger partial charge in [-0.2, -0.15) is 13.2 Å². The normalized spacial score (nSPS) is 12.6. The zero-order valence-electron chi connectivity index (χ0n) is 4.43. The van der Waals surface area contributed by atoms with Crippen molar-refractivity contribution >= 4 is 0 Å². The molecule has 0 aliphatic carbocycles. The first-order chi connectivity index (χ1) is 4.48. The fraction of sp³-hybridized carbons (Fsp3) is 0.333. The molecule has 0 aliphatic heterocycles. The number of halogens is 4. The van der Waals surface area contributed by atoms with Crippen molar-refractivity contribution in [3.05, 3.63) is 22.5 Å². The second kappa shape index (κ2) is 3.07. The van der Waals surface area contributed by atoms with Gasteiger partial charge in [-0.05, 0) is 5.53 Å². The Kier molecular flexibility index (Phi) is 2.69. The van der Waals surface area contributed by atoms with Crippen molar-refractivity contribution in [2.75, 3.05) is 0 Å². The van der Waals surface area contributed by atoms with E-state index in [-0.39, 0.29) is 6.20 Å². The maximum absolute atomic E-state index is 11.6. The highest BCUT2D eigenvalue weighted by Crippen LogP contribution is 2.25. The van der Waals surface area contributed by atoms with Crippen LogP contribution in [0.3, 0.4) is 0 Å². The van der Waals surface area contributed by atoms with Crippen LogP contribution in [0.1, 0.15) is 0 Å². The minimum Gasteiger partial charge on any atom is -0.202 e. The van der Waals surface area contributed by atoms with Crippen LogP contribution in [0.2, 0.25) is 0 Å². The van der Waals surface area contributed by atoms with Crippen LogP contribution in [0, 0.1) is 0 Å². The molecule has 0 rings (SSSR count). The molecule has 0 aliphatic rings. The third-order valence-corrected chi connectivity index (χ3v) is 0.494. The summed E-state index contributed by atoms with van der Waals surface area (Å²) in [5.41, 5.74) is 7.46. The first-order valence-corrected chi connectivity index (χ1v) is 1.95. The van der Waals surface area contributed by atoms with Crippen molar-refractivity contribution in [2.45, 2.75) is 6.18 Å². The molecule has 7 heteroatoms. The molecular formula is C3HF4N3. The van der Waals surface area contributed by atoms with Crippen LogP contribution in [0.25, 0.3) is 10.4 Å². The summed E-state index contributed by atoms with van der Waals surface area (Å²) < 4.78 is 45.0. The molecule has 0 aromatic heterocycles. The van der Waals surface area contributed by atoms with Crippen molar-refractivity contribution < 1.29 is 17.6 Å². The maximum atomic E-state index is 11.6. The summed E-state index contributed by atoms with van der Waals surface area (Å²) in [6, 6.07) is 0. The van der Waals surface area contributed by atoms with Gasteiger partial charge in [0.25, 0.3) is 0 Å². The molecule has 0 aromatic carbocycles. The van der Waals surface area contributed by atoms with Gasteiger partial charge in [0.1, 0.15) is 0 Å². The van der Waals surface area contributed by atoms with Gasteiger partial charge in [-0.1, -0.05) is 5.11 Å². The first-order valence-electron chi connectivity index (χ1n) is 1.95. The summed E-state index contributed by atoms with van der Waals surface area (Å²) >= 11 is 0. The molecule has 0 saturated heterocycles. The standard InChI is InChI=1S/C3HF4N3/c4-2(1-9-10-8)3(5,6)7/h1H/b2-1-. The van der Waals surface area contributed by atoms with Gasteiger partial charge in [-0.15, -0.1) is 0 Å². The lowest BCUT2D eigenvalue weighted by molar-refractivity contribution is -0.109. The van der Waals surface area contributed by atoms with Crippen LogP contribution in [-0.2, 0) is 0 Å². The van der Waals surface area contributed by atoms with Crippen LogP contribution in [0.5, 0.6) is 0 Å². The van der Waals surface area contributed by atoms with E-state index in [4.69, 9.17) is 5.53 Å². The van der Waals surface area contributed by atoms with Crippen LogP contribution in [0.15, 0.2) is 17.1 Å². The molecule has 0 fully saturated rings. The molecule has 3 nitrogen and oxygen atoms in total. The van der Waals surface area contributed by atoms with Crippen molar-refractivity contribution in [2.24, 2.45) is 5.11 Å². The Morgan fingerprint density at radius 3 is 2.30 bits per heavy atom. The van der Waals surface area contributed by atoms with E-state index >= 15 is 0 Å². The second-order valence-electron chi connectivity index (χ2n) is 1.18. The van der Waals surface area contributed by atoms with Gasteiger partial charge < -0.3 is 0 Å². The Balaban J connectivity index is 4.34. The molecule has 0 atom stereocenters. The fourth-order valence-corrected chi connectivity index (χ4v) is 0.150. The van der Waals surface area contributed by atoms with Gasteiger partial charge in [-0.3, -0.25) is 0 Å². The van der Waals surface area contributed by atoms with E-state index in [1.807, 2.05) is 4.91 Å². The third kappa shape index (κ3) is 2.93. The van der Waals surface area contributed by atoms with E-state index in [2.05, 4.69) is 5.11 Å². The van der Waals surface area contributed by atoms with E-state index in [0.717, 1.165) is 0 Å². The van der Waals surface area contributed by atoms with E-state index in [1.54, 1.807) is 0 Å². The molecule has 10 heavy (non-hydrogen) atoms. The molecule has 0 radical (unpaired) electrons. The summed E-state index contributed by atoms with van der Waals surface area (Å²) in [7, 11) is 0. The summed E-state index contributed by atoms with van der Waals surface area (Å²) in [4.78, 5) is 1.90. The second-order valence-corrected chi connectivity index (χ2v) is 1.18. The number of hydrogen-bond acceptors (Lipinski definition) is 1. The summed E-state index contributed by atoms with van der Waals surface area (Å²) in [5.74, 6) is -2.41. The molecule has 0 aromatic rings. The van der Waals surface area contributed by atoms with Crippen LogP contribution >= 0.6 is 0 Å². The Morgan fingerprint density at radius 2 is 2.00 bits per heavy atom. The SMILES string of the molecule is [N-]=[N+]=N/C=C(\F)C(F)(F)F. The quantitative estimate of drug-likeness (QED) is 0.242. The van der Waals surface area contributed by atoms with E-state index < -0.39 is 12.0 Å². The Labute approximate surface area is 52.6 Å². The fourth-order valence-electron chi connectivity index (χ4n) is 0.150. The van der Waals surface area contributed by atoms with Crippen molar-refractivity contribution in [1.82, 2.24) is 0 Å². The molecule has 0 unspecified atom stereocenters. The first kappa shape index (κ1) is 8.77. The highest BCUT2D eigenvalue weighted by atomic mass is 19.4. The van der Waals surface area contributed by atoms with Gasteiger partial charge in [0.05, 0.1) is 0 Å². The van der Waals surface area contributed by atoms with E-state index in [0.29, 0.717) is 0 Å². The van der Waals surface area contributed by atoms with Gasteiger partial charge in [0.15, 0.2) is 0 Å². The molecule has 0 N–H and O–H groups in total. The molecule has 0 amide bonds. The summed E-state index contributed by atoms with van der Waals surface area (Å²) in [6.07, 6.45) is -5.30. The molecule has 0 spiro atoms. The Morgan fingerprint density at radius 1 is 1.50 bits per heavy atom. The highest BCUT2D eigenvalue weighted by Gasteiger charge is 2.33. The lowest BCUT2D eigenvalue weighted by Gasteiger charge is -1.98. The number of allylic oxidation sites excluding steroid dienone is 1. The predicted octanol–water partition coefficient (Wildman–Crippen LogP) is 2.67. The van der Waals surface area contributed by atoms with Gasteiger partial charge in [-0.25, -0.2) is 4.39 Å². The monoisotopic (exact) mass is 155 g/mol. The van der Waals surface area contributed by atoms with Gasteiger partial charge >= 0.3 is 6.18 Å². The van der Waals surface area contributed by atoms with Crippen molar-refractivity contribution in [1.29, 1.82) is 0 Å². The van der Waals surface area contributed by atoms with Crippen molar-refractivity contribution in [3.8, 4) is 0 Å². The molecular weight excluding hydrogens is 154 g/mol. The average Bonchev–Trinajstić information content (AvgIpc) is 1.80. The zero-order valence-corrected chi connectivity index (χ0v) is 4.43. The van der Waals surface area contributed by atoms with Crippen LogP contribution < -0.4 is 0 Å². The molecule has 0 saturated carbocycles. The topological polar surface area (TPSA) is 48.8 Å². The third-order valence-electron chi connectivity index (χ3n) is 0.494. The van der Waals surface area contributed by atoms with Gasteiger partial charge in [0.2, 0.25) is 5.83 Å². The Bertz CT molecular complexity index is 186. The molecule has 56 valence electrons. The maximum Gasteiger partial charge on any atom is 0.442 e. The number of nitrogens with zero attached hydrogens (tertiary/aromatic N) is 3. The summed E-state index contributed by atoms with van der Waals surface area (Å²) in [5, 5.41) is 2.26. The molecule has 0 heterocycles. The van der Waals surface area contributed by atoms with E-state index in [1.165, 1.54) is 0 Å². The van der Waals surface area contributed by atoms with Crippen LogP contribution in [-0.4, -0.2) is 6.18 Å². The minimum absolute atomic E-state index is 0.236. The smallest absolute Gasteiger partial charge is 0.202 e. The lowest BCUT2D eigenvalue weighted by atomic mass is 10.6. The zero-order chi connectivity index (χ0) is 8.20. The predicted molar refractivity (Wildman–Crippen MR) is 24.4 cm³/mol. The number of azide groups is 1. The highest BCUT2D eigenvalue weighted by molar-refractivity contribution is 4.97. The number of rotatable bonds is 1. The van der Waals surface area contributed by atoms with Crippen LogP contribution in [0.4, 0.5) is 17.6 Å². The van der Waals surface area contributed by atoms with E-state index in [9.17, 15) is 17.6 Å². The summed E-state index contributed by atoms with van der Waals surface area (Å²) in [6.45, 7) is 0. The van der Waals surface area contributed by atoms with Gasteiger partial charge in [0, 0.05) is 11.1 Å². The van der Waals surface area contributed by atoms with Crippen molar-refractivity contribution in [3.63, 3.8) is 0 Å².